The van der Waals surface area contributed by atoms with Crippen molar-refractivity contribution in [1.82, 2.24) is 9.97 Å². The predicted molar refractivity (Wildman–Crippen MR) is 72.7 cm³/mol. The lowest BCUT2D eigenvalue weighted by molar-refractivity contribution is 0.305. The fraction of sp³-hybridized carbons (Fsp3) is 0.231. The molecule has 1 aromatic carbocycles. The third-order valence-corrected chi connectivity index (χ3v) is 3.41. The van der Waals surface area contributed by atoms with Crippen LogP contribution in [0, 0.1) is 11.6 Å². The molecule has 0 unspecified atom stereocenters. The minimum Gasteiger partial charge on any atom is -0.476 e. The van der Waals surface area contributed by atoms with E-state index in [0.29, 0.717) is 11.6 Å². The van der Waals surface area contributed by atoms with Gasteiger partial charge < -0.3 is 10.5 Å². The second-order valence-electron chi connectivity index (χ2n) is 3.92. The predicted octanol–water partition coefficient (Wildman–Crippen LogP) is 3.28. The molecular formula is C13H13F2N3OS. The average molecular weight is 297 g/mol. The Morgan fingerprint density at radius 3 is 2.85 bits per heavy atom. The Bertz CT molecular complexity index is 610. The van der Waals surface area contributed by atoms with Gasteiger partial charge in [0.15, 0.2) is 0 Å². The van der Waals surface area contributed by atoms with Crippen LogP contribution in [0.15, 0.2) is 34.4 Å². The summed E-state index contributed by atoms with van der Waals surface area (Å²) in [4.78, 5) is 8.00. The summed E-state index contributed by atoms with van der Waals surface area (Å²) in [6.45, 7) is 2.43. The zero-order valence-electron chi connectivity index (χ0n) is 10.8. The van der Waals surface area contributed by atoms with Gasteiger partial charge in [0.25, 0.3) is 0 Å². The number of nitrogen functional groups attached to an aromatic ring is 1. The smallest absolute Gasteiger partial charge is 0.241 e. The number of anilines is 1. The summed E-state index contributed by atoms with van der Waals surface area (Å²) in [5.41, 5.74) is 6.09. The Labute approximate surface area is 119 Å². The number of rotatable bonds is 5. The molecule has 0 spiro atoms. The maximum absolute atomic E-state index is 13.6. The van der Waals surface area contributed by atoms with E-state index >= 15 is 0 Å². The van der Waals surface area contributed by atoms with E-state index in [2.05, 4.69) is 9.97 Å². The van der Waals surface area contributed by atoms with Crippen molar-refractivity contribution in [3.05, 3.63) is 36.2 Å². The molecule has 0 aliphatic heterocycles. The Morgan fingerprint density at radius 1 is 1.30 bits per heavy atom. The van der Waals surface area contributed by atoms with Crippen molar-refractivity contribution < 1.29 is 13.5 Å². The second kappa shape index (κ2) is 6.51. The van der Waals surface area contributed by atoms with E-state index in [1.807, 2.05) is 6.92 Å². The lowest BCUT2D eigenvalue weighted by Gasteiger charge is -2.09. The zero-order chi connectivity index (χ0) is 14.5. The lowest BCUT2D eigenvalue weighted by Crippen LogP contribution is -2.03. The van der Waals surface area contributed by atoms with Crippen LogP contribution in [0.1, 0.15) is 13.3 Å². The SMILES string of the molecule is CCCOc1ncnc(Sc2cc(F)ccc2F)c1N. The summed E-state index contributed by atoms with van der Waals surface area (Å²) in [6, 6.07) is 3.20. The molecule has 1 aromatic heterocycles. The fourth-order valence-corrected chi connectivity index (χ4v) is 2.26. The van der Waals surface area contributed by atoms with Gasteiger partial charge in [-0.25, -0.2) is 13.8 Å². The molecule has 0 fully saturated rings. The first-order valence-corrected chi connectivity index (χ1v) is 6.79. The van der Waals surface area contributed by atoms with Gasteiger partial charge in [-0.3, -0.25) is 0 Å². The molecule has 0 radical (unpaired) electrons. The molecule has 2 N–H and O–H groups in total. The number of benzene rings is 1. The van der Waals surface area contributed by atoms with E-state index in [0.717, 1.165) is 36.4 Å². The van der Waals surface area contributed by atoms with Crippen LogP contribution < -0.4 is 10.5 Å². The molecule has 2 aromatic rings. The summed E-state index contributed by atoms with van der Waals surface area (Å²) in [5.74, 6) is -0.810. The molecule has 1 heterocycles. The van der Waals surface area contributed by atoms with Gasteiger partial charge in [0.05, 0.1) is 11.5 Å². The number of nitrogens with zero attached hydrogens (tertiary/aromatic N) is 2. The third-order valence-electron chi connectivity index (χ3n) is 2.35. The molecule has 2 rings (SSSR count). The van der Waals surface area contributed by atoms with Gasteiger partial charge in [-0.2, -0.15) is 4.98 Å². The van der Waals surface area contributed by atoms with E-state index in [1.165, 1.54) is 6.33 Å². The number of halogens is 2. The maximum Gasteiger partial charge on any atom is 0.241 e. The maximum atomic E-state index is 13.6. The van der Waals surface area contributed by atoms with Gasteiger partial charge in [-0.05, 0) is 24.6 Å². The Morgan fingerprint density at radius 2 is 2.10 bits per heavy atom. The van der Waals surface area contributed by atoms with E-state index in [-0.39, 0.29) is 16.5 Å². The molecule has 0 atom stereocenters. The van der Waals surface area contributed by atoms with Gasteiger partial charge in [0, 0.05) is 0 Å². The second-order valence-corrected chi connectivity index (χ2v) is 4.95. The van der Waals surface area contributed by atoms with Gasteiger partial charge in [0.2, 0.25) is 5.88 Å². The molecule has 0 aliphatic rings. The topological polar surface area (TPSA) is 61.0 Å². The minimum absolute atomic E-state index is 0.108. The summed E-state index contributed by atoms with van der Waals surface area (Å²) in [5, 5.41) is 0.329. The largest absolute Gasteiger partial charge is 0.476 e. The van der Waals surface area contributed by atoms with Crippen molar-refractivity contribution in [2.45, 2.75) is 23.3 Å². The molecule has 106 valence electrons. The molecule has 20 heavy (non-hydrogen) atoms. The first kappa shape index (κ1) is 14.5. The molecule has 0 saturated carbocycles. The number of hydrogen-bond acceptors (Lipinski definition) is 5. The highest BCUT2D eigenvalue weighted by atomic mass is 32.2. The van der Waals surface area contributed by atoms with Crippen LogP contribution in [0.3, 0.4) is 0 Å². The Hall–Kier alpha value is -1.89. The monoisotopic (exact) mass is 297 g/mol. The highest BCUT2D eigenvalue weighted by Crippen LogP contribution is 2.35. The van der Waals surface area contributed by atoms with Gasteiger partial charge in [0.1, 0.15) is 28.7 Å². The summed E-state index contributed by atoms with van der Waals surface area (Å²) < 4.78 is 32.1. The van der Waals surface area contributed by atoms with Gasteiger partial charge >= 0.3 is 0 Å². The normalized spacial score (nSPS) is 10.6. The van der Waals surface area contributed by atoms with E-state index in [9.17, 15) is 8.78 Å². The first-order valence-electron chi connectivity index (χ1n) is 5.98. The van der Waals surface area contributed by atoms with Crippen molar-refractivity contribution in [3.63, 3.8) is 0 Å². The van der Waals surface area contributed by atoms with Gasteiger partial charge in [-0.1, -0.05) is 18.7 Å². The summed E-state index contributed by atoms with van der Waals surface area (Å²) in [7, 11) is 0. The Balaban J connectivity index is 2.27. The van der Waals surface area contributed by atoms with Crippen molar-refractivity contribution in [2.75, 3.05) is 12.3 Å². The molecular weight excluding hydrogens is 284 g/mol. The summed E-state index contributed by atoms with van der Waals surface area (Å²) >= 11 is 0.932. The molecule has 4 nitrogen and oxygen atoms in total. The van der Waals surface area contributed by atoms with E-state index in [1.54, 1.807) is 0 Å². The molecule has 0 aliphatic carbocycles. The lowest BCUT2D eigenvalue weighted by atomic mass is 10.3. The van der Waals surface area contributed by atoms with Crippen LogP contribution in [0.4, 0.5) is 14.5 Å². The average Bonchev–Trinajstić information content (AvgIpc) is 2.44. The molecule has 0 bridgehead atoms. The number of aromatic nitrogens is 2. The van der Waals surface area contributed by atoms with Crippen molar-refractivity contribution in [3.8, 4) is 5.88 Å². The minimum atomic E-state index is -0.537. The van der Waals surface area contributed by atoms with Crippen LogP contribution in [-0.2, 0) is 0 Å². The van der Waals surface area contributed by atoms with Crippen LogP contribution in [0.5, 0.6) is 5.88 Å². The van der Waals surface area contributed by atoms with E-state index in [4.69, 9.17) is 10.5 Å². The number of hydrogen-bond donors (Lipinski definition) is 1. The van der Waals surface area contributed by atoms with Crippen LogP contribution in [-0.4, -0.2) is 16.6 Å². The van der Waals surface area contributed by atoms with Crippen molar-refractivity contribution in [1.29, 1.82) is 0 Å². The first-order chi connectivity index (χ1) is 9.61. The van der Waals surface area contributed by atoms with E-state index < -0.39 is 11.6 Å². The molecule has 0 amide bonds. The summed E-state index contributed by atoms with van der Waals surface area (Å²) in [6.07, 6.45) is 2.09. The fourth-order valence-electron chi connectivity index (χ4n) is 1.42. The quantitative estimate of drug-likeness (QED) is 0.858. The van der Waals surface area contributed by atoms with Crippen molar-refractivity contribution >= 4 is 17.4 Å². The van der Waals surface area contributed by atoms with Crippen LogP contribution in [0.25, 0.3) is 0 Å². The van der Waals surface area contributed by atoms with Crippen LogP contribution in [0.2, 0.25) is 0 Å². The number of ether oxygens (including phenoxy) is 1. The standard InChI is InChI=1S/C13H13F2N3OS/c1-2-5-19-12-11(16)13(18-7-17-12)20-10-6-8(14)3-4-9(10)15/h3-4,6-7H,2,5,16H2,1H3. The zero-order valence-corrected chi connectivity index (χ0v) is 11.6. The van der Waals surface area contributed by atoms with Crippen LogP contribution >= 0.6 is 11.8 Å². The third kappa shape index (κ3) is 3.36. The highest BCUT2D eigenvalue weighted by molar-refractivity contribution is 7.99. The molecule has 7 heteroatoms. The Kier molecular flexibility index (Phi) is 4.73. The van der Waals surface area contributed by atoms with Crippen molar-refractivity contribution in [2.24, 2.45) is 0 Å². The molecule has 0 saturated heterocycles. The number of nitrogens with two attached hydrogens (primary N) is 1. The van der Waals surface area contributed by atoms with Gasteiger partial charge in [-0.15, -0.1) is 0 Å². The highest BCUT2D eigenvalue weighted by Gasteiger charge is 2.13.